The first-order chi connectivity index (χ1) is 7.11. The van der Waals surface area contributed by atoms with Crippen molar-refractivity contribution < 1.29 is 8.78 Å². The van der Waals surface area contributed by atoms with Crippen LogP contribution in [0.2, 0.25) is 0 Å². The zero-order valence-corrected chi connectivity index (χ0v) is 9.49. The molecule has 15 heavy (non-hydrogen) atoms. The Labute approximate surface area is 93.1 Å². The lowest BCUT2D eigenvalue weighted by Crippen LogP contribution is -2.25. The van der Waals surface area contributed by atoms with E-state index in [4.69, 9.17) is 5.73 Å². The molecule has 1 aromatic carbocycles. The molecule has 1 aromatic rings. The van der Waals surface area contributed by atoms with E-state index in [0.717, 1.165) is 17.6 Å². The Morgan fingerprint density at radius 3 is 2.40 bits per heavy atom. The molecule has 0 aliphatic heterocycles. The van der Waals surface area contributed by atoms with Crippen LogP contribution in [0.4, 0.5) is 8.78 Å². The maximum absolute atomic E-state index is 12.8. The fraction of sp³-hybridized carbons (Fsp3) is 0.455. The van der Waals surface area contributed by atoms with Crippen LogP contribution < -0.4 is 5.73 Å². The molecule has 0 spiro atoms. The van der Waals surface area contributed by atoms with Crippen LogP contribution in [-0.2, 0) is 6.42 Å². The van der Waals surface area contributed by atoms with E-state index in [-0.39, 0.29) is 6.04 Å². The number of halogens is 2. The summed E-state index contributed by atoms with van der Waals surface area (Å²) in [6, 6.07) is 3.49. The van der Waals surface area contributed by atoms with E-state index >= 15 is 0 Å². The average molecular weight is 231 g/mol. The van der Waals surface area contributed by atoms with Crippen molar-refractivity contribution >= 4 is 11.8 Å². The molecule has 1 rings (SSSR count). The first-order valence-corrected chi connectivity index (χ1v) is 6.05. The van der Waals surface area contributed by atoms with Crippen molar-refractivity contribution in [3.63, 3.8) is 0 Å². The highest BCUT2D eigenvalue weighted by atomic mass is 32.2. The van der Waals surface area contributed by atoms with Gasteiger partial charge in [-0.3, -0.25) is 0 Å². The molecule has 1 nitrogen and oxygen atoms in total. The standard InChI is InChI=1S/C11H15F2NS/c1-2-15-7-11(14)5-8-3-9(12)6-10(13)4-8/h3-4,6,11H,2,5,7,14H2,1H3. The summed E-state index contributed by atoms with van der Waals surface area (Å²) in [6.45, 7) is 2.05. The number of thioether (sulfide) groups is 1. The second-order valence-corrected chi connectivity index (χ2v) is 4.72. The molecule has 0 heterocycles. The SMILES string of the molecule is CCSCC(N)Cc1cc(F)cc(F)c1. The fourth-order valence-electron chi connectivity index (χ4n) is 1.36. The Balaban J connectivity index is 2.56. The minimum Gasteiger partial charge on any atom is -0.327 e. The highest BCUT2D eigenvalue weighted by molar-refractivity contribution is 7.99. The van der Waals surface area contributed by atoms with Crippen molar-refractivity contribution in [1.29, 1.82) is 0 Å². The van der Waals surface area contributed by atoms with E-state index in [1.165, 1.54) is 12.1 Å². The van der Waals surface area contributed by atoms with Gasteiger partial charge in [-0.1, -0.05) is 6.92 Å². The average Bonchev–Trinajstić information content (AvgIpc) is 2.13. The van der Waals surface area contributed by atoms with Gasteiger partial charge < -0.3 is 5.73 Å². The van der Waals surface area contributed by atoms with Crippen molar-refractivity contribution in [1.82, 2.24) is 0 Å². The summed E-state index contributed by atoms with van der Waals surface area (Å²) in [5, 5.41) is 0. The van der Waals surface area contributed by atoms with Crippen molar-refractivity contribution in [2.24, 2.45) is 5.73 Å². The predicted octanol–water partition coefficient (Wildman–Crippen LogP) is 2.59. The van der Waals surface area contributed by atoms with Crippen molar-refractivity contribution in [3.8, 4) is 0 Å². The van der Waals surface area contributed by atoms with Crippen LogP contribution in [0.1, 0.15) is 12.5 Å². The van der Waals surface area contributed by atoms with E-state index in [1.807, 2.05) is 0 Å². The minimum absolute atomic E-state index is 0.0452. The van der Waals surface area contributed by atoms with Gasteiger partial charge in [0.2, 0.25) is 0 Å². The molecule has 0 amide bonds. The van der Waals surface area contributed by atoms with Crippen LogP contribution >= 0.6 is 11.8 Å². The topological polar surface area (TPSA) is 26.0 Å². The smallest absolute Gasteiger partial charge is 0.126 e. The molecule has 2 N–H and O–H groups in total. The molecule has 1 unspecified atom stereocenters. The Morgan fingerprint density at radius 1 is 1.27 bits per heavy atom. The molecule has 0 aliphatic rings. The van der Waals surface area contributed by atoms with Gasteiger partial charge in [0.25, 0.3) is 0 Å². The van der Waals surface area contributed by atoms with Gasteiger partial charge >= 0.3 is 0 Å². The first kappa shape index (κ1) is 12.5. The second-order valence-electron chi connectivity index (χ2n) is 3.40. The molecular formula is C11H15F2NS. The second kappa shape index (κ2) is 6.08. The summed E-state index contributed by atoms with van der Waals surface area (Å²) in [6.07, 6.45) is 0.516. The Bertz CT molecular complexity index is 297. The monoisotopic (exact) mass is 231 g/mol. The first-order valence-electron chi connectivity index (χ1n) is 4.90. The molecule has 0 bridgehead atoms. The van der Waals surface area contributed by atoms with Crippen molar-refractivity contribution in [3.05, 3.63) is 35.4 Å². The van der Waals surface area contributed by atoms with Crippen LogP contribution in [0.25, 0.3) is 0 Å². The lowest BCUT2D eigenvalue weighted by Gasteiger charge is -2.10. The molecule has 0 aliphatic carbocycles. The highest BCUT2D eigenvalue weighted by Gasteiger charge is 2.06. The van der Waals surface area contributed by atoms with Crippen molar-refractivity contribution in [2.75, 3.05) is 11.5 Å². The molecule has 84 valence electrons. The molecule has 0 aromatic heterocycles. The van der Waals surface area contributed by atoms with Crippen LogP contribution in [0, 0.1) is 11.6 Å². The predicted molar refractivity (Wildman–Crippen MR) is 61.0 cm³/mol. The quantitative estimate of drug-likeness (QED) is 0.843. The van der Waals surface area contributed by atoms with Gasteiger partial charge in [0, 0.05) is 17.9 Å². The zero-order valence-electron chi connectivity index (χ0n) is 8.67. The Kier molecular flexibility index (Phi) is 5.05. The van der Waals surface area contributed by atoms with Gasteiger partial charge in [-0.25, -0.2) is 8.78 Å². The molecule has 0 fully saturated rings. The number of nitrogens with two attached hydrogens (primary N) is 1. The number of benzene rings is 1. The number of hydrogen-bond acceptors (Lipinski definition) is 2. The van der Waals surface area contributed by atoms with Gasteiger partial charge in [0.05, 0.1) is 0 Å². The van der Waals surface area contributed by atoms with E-state index in [2.05, 4.69) is 6.92 Å². The van der Waals surface area contributed by atoms with Crippen molar-refractivity contribution in [2.45, 2.75) is 19.4 Å². The summed E-state index contributed by atoms with van der Waals surface area (Å²) >= 11 is 1.73. The van der Waals surface area contributed by atoms with Crippen LogP contribution in [0.3, 0.4) is 0 Å². The van der Waals surface area contributed by atoms with E-state index < -0.39 is 11.6 Å². The summed E-state index contributed by atoms with van der Waals surface area (Å²) in [7, 11) is 0. The number of rotatable bonds is 5. The fourth-order valence-corrected chi connectivity index (χ4v) is 2.02. The highest BCUT2D eigenvalue weighted by Crippen LogP contribution is 2.11. The lowest BCUT2D eigenvalue weighted by molar-refractivity contribution is 0.577. The zero-order chi connectivity index (χ0) is 11.3. The molecular weight excluding hydrogens is 216 g/mol. The summed E-state index contributed by atoms with van der Waals surface area (Å²) in [4.78, 5) is 0. The Morgan fingerprint density at radius 2 is 1.87 bits per heavy atom. The number of hydrogen-bond donors (Lipinski definition) is 1. The maximum atomic E-state index is 12.8. The third kappa shape index (κ3) is 4.62. The summed E-state index contributed by atoms with van der Waals surface area (Å²) in [5.41, 5.74) is 6.45. The molecule has 4 heteroatoms. The minimum atomic E-state index is -0.541. The molecule has 0 saturated heterocycles. The summed E-state index contributed by atoms with van der Waals surface area (Å²) < 4.78 is 25.7. The largest absolute Gasteiger partial charge is 0.327 e. The van der Waals surface area contributed by atoms with Crippen LogP contribution in [-0.4, -0.2) is 17.5 Å². The van der Waals surface area contributed by atoms with Gasteiger partial charge in [-0.05, 0) is 29.9 Å². The molecule has 0 radical (unpaired) electrons. The molecule has 1 atom stereocenters. The van der Waals surface area contributed by atoms with E-state index in [1.54, 1.807) is 11.8 Å². The normalized spacial score (nSPS) is 12.8. The van der Waals surface area contributed by atoms with Gasteiger partial charge in [-0.2, -0.15) is 11.8 Å². The van der Waals surface area contributed by atoms with Gasteiger partial charge in [-0.15, -0.1) is 0 Å². The summed E-state index contributed by atoms with van der Waals surface area (Å²) in [5.74, 6) is 0.737. The van der Waals surface area contributed by atoms with E-state index in [0.29, 0.717) is 12.0 Å². The van der Waals surface area contributed by atoms with Crippen LogP contribution in [0.15, 0.2) is 18.2 Å². The third-order valence-electron chi connectivity index (χ3n) is 1.96. The van der Waals surface area contributed by atoms with Crippen LogP contribution in [0.5, 0.6) is 0 Å². The molecule has 0 saturated carbocycles. The van der Waals surface area contributed by atoms with E-state index in [9.17, 15) is 8.78 Å². The Hall–Kier alpha value is -0.610. The maximum Gasteiger partial charge on any atom is 0.126 e. The third-order valence-corrected chi connectivity index (χ3v) is 3.03. The lowest BCUT2D eigenvalue weighted by atomic mass is 10.1. The van der Waals surface area contributed by atoms with Gasteiger partial charge in [0.15, 0.2) is 0 Å². The van der Waals surface area contributed by atoms with Gasteiger partial charge in [0.1, 0.15) is 11.6 Å².